The summed E-state index contributed by atoms with van der Waals surface area (Å²) in [6, 6.07) is 3.83. The summed E-state index contributed by atoms with van der Waals surface area (Å²) < 4.78 is 13.1. The molecule has 5 nitrogen and oxygen atoms in total. The molecule has 0 spiro atoms. The van der Waals surface area contributed by atoms with Crippen LogP contribution in [0.25, 0.3) is 10.9 Å². The SMILES string of the molecule is NC(=O)Cc1cn(P)c2ccc3c(c12)OCCO3. The standard InChI is InChI=1S/C12H13N2O3P/c13-10(15)5-7-6-14(18)8-1-2-9-12(11(7)8)17-4-3-16-9/h1-2,6H,3-5,18H2,(H2,13,15). The molecule has 0 radical (unpaired) electrons. The van der Waals surface area contributed by atoms with Crippen molar-refractivity contribution in [1.82, 2.24) is 4.34 Å². The third-order valence-corrected chi connectivity index (χ3v) is 3.37. The van der Waals surface area contributed by atoms with E-state index in [0.29, 0.717) is 19.0 Å². The van der Waals surface area contributed by atoms with Gasteiger partial charge in [0.15, 0.2) is 11.5 Å². The van der Waals surface area contributed by atoms with E-state index in [2.05, 4.69) is 9.39 Å². The number of primary amides is 1. The topological polar surface area (TPSA) is 66.5 Å². The number of hydrogen-bond acceptors (Lipinski definition) is 3. The molecule has 0 bridgehead atoms. The number of amides is 1. The molecule has 0 aliphatic carbocycles. The van der Waals surface area contributed by atoms with E-state index in [-0.39, 0.29) is 12.3 Å². The van der Waals surface area contributed by atoms with E-state index < -0.39 is 0 Å². The van der Waals surface area contributed by atoms with Crippen molar-refractivity contribution in [3.63, 3.8) is 0 Å². The highest BCUT2D eigenvalue weighted by Crippen LogP contribution is 2.40. The molecule has 1 aliphatic rings. The lowest BCUT2D eigenvalue weighted by Gasteiger charge is -2.19. The molecule has 2 heterocycles. The summed E-state index contributed by atoms with van der Waals surface area (Å²) in [4.78, 5) is 11.1. The molecule has 0 saturated carbocycles. The first kappa shape index (κ1) is 11.4. The number of carbonyl (C=O) groups excluding carboxylic acids is 1. The van der Waals surface area contributed by atoms with Crippen molar-refractivity contribution in [1.29, 1.82) is 0 Å². The zero-order valence-electron chi connectivity index (χ0n) is 9.68. The minimum atomic E-state index is -0.359. The van der Waals surface area contributed by atoms with Crippen LogP contribution < -0.4 is 15.2 Å². The number of benzene rings is 1. The molecule has 18 heavy (non-hydrogen) atoms. The molecular weight excluding hydrogens is 251 g/mol. The first-order valence-corrected chi connectivity index (χ1v) is 6.14. The van der Waals surface area contributed by atoms with Crippen LogP contribution in [-0.2, 0) is 11.2 Å². The second kappa shape index (κ2) is 4.18. The number of carbonyl (C=O) groups is 1. The van der Waals surface area contributed by atoms with Gasteiger partial charge in [-0.15, -0.1) is 0 Å². The van der Waals surface area contributed by atoms with Crippen LogP contribution >= 0.6 is 9.39 Å². The number of fused-ring (bicyclic) bond motifs is 3. The average Bonchev–Trinajstić information content (AvgIpc) is 2.66. The van der Waals surface area contributed by atoms with Gasteiger partial charge in [0.25, 0.3) is 0 Å². The van der Waals surface area contributed by atoms with E-state index >= 15 is 0 Å². The molecule has 1 aromatic carbocycles. The highest BCUT2D eigenvalue weighted by atomic mass is 31.0. The molecule has 2 aromatic rings. The summed E-state index contributed by atoms with van der Waals surface area (Å²) >= 11 is 0. The Labute approximate surface area is 106 Å². The smallest absolute Gasteiger partial charge is 0.221 e. The third kappa shape index (κ3) is 1.71. The molecule has 0 saturated heterocycles. The number of rotatable bonds is 2. The maximum Gasteiger partial charge on any atom is 0.221 e. The van der Waals surface area contributed by atoms with Crippen LogP contribution in [0.1, 0.15) is 5.56 Å². The highest BCUT2D eigenvalue weighted by molar-refractivity contribution is 7.14. The summed E-state index contributed by atoms with van der Waals surface area (Å²) in [6.07, 6.45) is 2.07. The Morgan fingerprint density at radius 2 is 2.17 bits per heavy atom. The fourth-order valence-corrected chi connectivity index (χ4v) is 2.65. The fraction of sp³-hybridized carbons (Fsp3) is 0.250. The summed E-state index contributed by atoms with van der Waals surface area (Å²) in [7, 11) is 2.59. The van der Waals surface area contributed by atoms with Gasteiger partial charge in [0.2, 0.25) is 5.91 Å². The van der Waals surface area contributed by atoms with Crippen LogP contribution in [0, 0.1) is 0 Å². The minimum absolute atomic E-state index is 0.192. The monoisotopic (exact) mass is 264 g/mol. The van der Waals surface area contributed by atoms with Crippen LogP contribution in [0.4, 0.5) is 0 Å². The van der Waals surface area contributed by atoms with Gasteiger partial charge in [-0.2, -0.15) is 0 Å². The molecule has 1 aromatic heterocycles. The van der Waals surface area contributed by atoms with E-state index in [9.17, 15) is 4.79 Å². The molecule has 1 atom stereocenters. The Bertz CT molecular complexity index is 636. The van der Waals surface area contributed by atoms with Crippen molar-refractivity contribution in [2.45, 2.75) is 6.42 Å². The second-order valence-electron chi connectivity index (χ2n) is 4.19. The number of ether oxygens (including phenoxy) is 2. The van der Waals surface area contributed by atoms with Crippen molar-refractivity contribution in [2.75, 3.05) is 13.2 Å². The van der Waals surface area contributed by atoms with Crippen LogP contribution in [0.2, 0.25) is 0 Å². The zero-order valence-corrected chi connectivity index (χ0v) is 10.8. The second-order valence-corrected chi connectivity index (χ2v) is 4.74. The number of aromatic nitrogens is 1. The lowest BCUT2D eigenvalue weighted by molar-refractivity contribution is -0.117. The highest BCUT2D eigenvalue weighted by Gasteiger charge is 2.20. The van der Waals surface area contributed by atoms with Gasteiger partial charge in [-0.25, -0.2) is 0 Å². The van der Waals surface area contributed by atoms with Gasteiger partial charge in [-0.05, 0) is 27.1 Å². The third-order valence-electron chi connectivity index (χ3n) is 2.95. The summed E-state index contributed by atoms with van der Waals surface area (Å²) in [6.45, 7) is 1.06. The minimum Gasteiger partial charge on any atom is -0.486 e. The van der Waals surface area contributed by atoms with E-state index in [0.717, 1.165) is 22.2 Å². The molecule has 1 unspecified atom stereocenters. The number of hydrogen-bond donors (Lipinski definition) is 1. The van der Waals surface area contributed by atoms with E-state index in [1.54, 1.807) is 0 Å². The van der Waals surface area contributed by atoms with Gasteiger partial charge in [-0.1, -0.05) is 0 Å². The van der Waals surface area contributed by atoms with Crippen LogP contribution in [0.3, 0.4) is 0 Å². The lowest BCUT2D eigenvalue weighted by Crippen LogP contribution is -2.16. The Kier molecular flexibility index (Phi) is 2.63. The van der Waals surface area contributed by atoms with Crippen LogP contribution in [0.5, 0.6) is 11.5 Å². The summed E-state index contributed by atoms with van der Waals surface area (Å²) in [5, 5.41) is 0.904. The molecule has 1 aliphatic heterocycles. The number of nitrogens with two attached hydrogens (primary N) is 1. The largest absolute Gasteiger partial charge is 0.486 e. The Hall–Kier alpha value is -1.74. The predicted molar refractivity (Wildman–Crippen MR) is 70.9 cm³/mol. The molecule has 2 N–H and O–H groups in total. The molecule has 3 rings (SSSR count). The van der Waals surface area contributed by atoms with Gasteiger partial charge < -0.3 is 19.5 Å². The maximum atomic E-state index is 11.1. The first-order valence-electron chi connectivity index (χ1n) is 5.62. The number of nitrogens with zero attached hydrogens (tertiary/aromatic N) is 1. The molecule has 94 valence electrons. The molecule has 1 amide bonds. The fourth-order valence-electron chi connectivity index (χ4n) is 2.25. The van der Waals surface area contributed by atoms with Crippen LogP contribution in [-0.4, -0.2) is 23.5 Å². The van der Waals surface area contributed by atoms with Crippen molar-refractivity contribution >= 4 is 26.2 Å². The molecule has 0 fully saturated rings. The Morgan fingerprint density at radius 1 is 1.39 bits per heavy atom. The van der Waals surface area contributed by atoms with Gasteiger partial charge in [0.05, 0.1) is 11.9 Å². The quantitative estimate of drug-likeness (QED) is 0.825. The lowest BCUT2D eigenvalue weighted by atomic mass is 10.1. The van der Waals surface area contributed by atoms with Crippen LogP contribution in [0.15, 0.2) is 18.3 Å². The Morgan fingerprint density at radius 3 is 2.94 bits per heavy atom. The van der Waals surface area contributed by atoms with Gasteiger partial charge in [0, 0.05) is 11.6 Å². The van der Waals surface area contributed by atoms with Crippen molar-refractivity contribution in [2.24, 2.45) is 5.73 Å². The van der Waals surface area contributed by atoms with Gasteiger partial charge >= 0.3 is 0 Å². The Balaban J connectivity index is 2.26. The van der Waals surface area contributed by atoms with Gasteiger partial charge in [-0.3, -0.25) is 4.79 Å². The molecule has 6 heteroatoms. The summed E-state index contributed by atoms with van der Waals surface area (Å²) in [5.41, 5.74) is 7.10. The van der Waals surface area contributed by atoms with Crippen molar-refractivity contribution in [3.05, 3.63) is 23.9 Å². The normalized spacial score (nSPS) is 13.8. The zero-order chi connectivity index (χ0) is 12.7. The van der Waals surface area contributed by atoms with E-state index in [1.807, 2.05) is 22.7 Å². The van der Waals surface area contributed by atoms with E-state index in [4.69, 9.17) is 15.2 Å². The maximum absolute atomic E-state index is 11.1. The predicted octanol–water partition coefficient (Wildman–Crippen LogP) is 1.08. The summed E-state index contributed by atoms with van der Waals surface area (Å²) in [5.74, 6) is 1.06. The molecular formula is C12H13N2O3P. The van der Waals surface area contributed by atoms with Crippen molar-refractivity contribution < 1.29 is 14.3 Å². The van der Waals surface area contributed by atoms with Crippen molar-refractivity contribution in [3.8, 4) is 11.5 Å². The van der Waals surface area contributed by atoms with E-state index in [1.165, 1.54) is 0 Å². The van der Waals surface area contributed by atoms with Gasteiger partial charge in [0.1, 0.15) is 13.2 Å². The first-order chi connectivity index (χ1) is 8.66. The average molecular weight is 264 g/mol.